The summed E-state index contributed by atoms with van der Waals surface area (Å²) in [7, 11) is 0. The van der Waals surface area contributed by atoms with Crippen LogP contribution in [0.5, 0.6) is 0 Å². The lowest BCUT2D eigenvalue weighted by Gasteiger charge is -2.13. The largest absolute Gasteiger partial charge is 0.354 e. The number of nitrogens with one attached hydrogen (secondary N) is 1. The zero-order valence-electron chi connectivity index (χ0n) is 11.2. The van der Waals surface area contributed by atoms with Crippen molar-refractivity contribution in [3.63, 3.8) is 0 Å². The van der Waals surface area contributed by atoms with Crippen molar-refractivity contribution >= 4 is 23.5 Å². The summed E-state index contributed by atoms with van der Waals surface area (Å²) in [5, 5.41) is 3.16. The van der Waals surface area contributed by atoms with E-state index in [0.29, 0.717) is 24.0 Å². The zero-order chi connectivity index (χ0) is 13.4. The predicted molar refractivity (Wildman–Crippen MR) is 73.0 cm³/mol. The van der Waals surface area contributed by atoms with Crippen LogP contribution in [0, 0.1) is 5.92 Å². The number of thioether (sulfide) groups is 1. The van der Waals surface area contributed by atoms with Gasteiger partial charge in [-0.15, -0.1) is 0 Å². The molecule has 0 aromatic rings. The fraction of sp³-hybridized carbons (Fsp3) is 0.833. The highest BCUT2D eigenvalue weighted by Gasteiger charge is 2.14. The molecule has 4 nitrogen and oxygen atoms in total. The van der Waals surface area contributed by atoms with Crippen LogP contribution >= 0.6 is 11.8 Å². The standard InChI is InChI=1S/C12H24N2O2S/c1-8(2)11(15)5-6-14-12(16)10(13)7-17-9(3)4/h8-10H,5-7,13H2,1-4H3,(H,14,16)/t10-/m1/s1. The second kappa shape index (κ2) is 8.53. The molecule has 17 heavy (non-hydrogen) atoms. The SMILES string of the molecule is CC(C)SC[C@@H](N)C(=O)NCCC(=O)C(C)C. The molecule has 100 valence electrons. The van der Waals surface area contributed by atoms with E-state index in [1.807, 2.05) is 13.8 Å². The van der Waals surface area contributed by atoms with Crippen molar-refractivity contribution in [2.45, 2.75) is 45.4 Å². The molecule has 0 spiro atoms. The summed E-state index contributed by atoms with van der Waals surface area (Å²) in [6.45, 7) is 8.23. The fourth-order valence-corrected chi connectivity index (χ4v) is 1.84. The molecule has 0 saturated carbocycles. The molecule has 5 heteroatoms. The minimum atomic E-state index is -0.489. The van der Waals surface area contributed by atoms with Gasteiger partial charge in [0, 0.05) is 24.6 Å². The van der Waals surface area contributed by atoms with Gasteiger partial charge >= 0.3 is 0 Å². The van der Waals surface area contributed by atoms with Gasteiger partial charge in [-0.1, -0.05) is 27.7 Å². The summed E-state index contributed by atoms with van der Waals surface area (Å²) in [6, 6.07) is -0.489. The lowest BCUT2D eigenvalue weighted by Crippen LogP contribution is -2.43. The molecule has 1 atom stereocenters. The quantitative estimate of drug-likeness (QED) is 0.687. The summed E-state index contributed by atoms with van der Waals surface area (Å²) >= 11 is 1.66. The van der Waals surface area contributed by atoms with Crippen LogP contribution in [0.3, 0.4) is 0 Å². The van der Waals surface area contributed by atoms with E-state index in [9.17, 15) is 9.59 Å². The third-order valence-electron chi connectivity index (χ3n) is 2.26. The van der Waals surface area contributed by atoms with E-state index < -0.39 is 6.04 Å². The van der Waals surface area contributed by atoms with Crippen molar-refractivity contribution in [2.75, 3.05) is 12.3 Å². The highest BCUT2D eigenvalue weighted by molar-refractivity contribution is 7.99. The molecular weight excluding hydrogens is 236 g/mol. The zero-order valence-corrected chi connectivity index (χ0v) is 12.0. The monoisotopic (exact) mass is 260 g/mol. The number of hydrogen-bond donors (Lipinski definition) is 2. The molecule has 0 saturated heterocycles. The molecule has 1 amide bonds. The summed E-state index contributed by atoms with van der Waals surface area (Å²) in [6.07, 6.45) is 0.382. The van der Waals surface area contributed by atoms with Gasteiger partial charge in [0.15, 0.2) is 0 Å². The van der Waals surface area contributed by atoms with E-state index in [1.54, 1.807) is 11.8 Å². The number of nitrogens with two attached hydrogens (primary N) is 1. The molecule has 0 radical (unpaired) electrons. The fourth-order valence-electron chi connectivity index (χ4n) is 1.10. The van der Waals surface area contributed by atoms with Gasteiger partial charge in [-0.3, -0.25) is 9.59 Å². The molecular formula is C12H24N2O2S. The number of ketones is 1. The summed E-state index contributed by atoms with van der Waals surface area (Å²) in [5.41, 5.74) is 5.72. The van der Waals surface area contributed by atoms with Gasteiger partial charge in [-0.2, -0.15) is 11.8 Å². The number of carbonyl (C=O) groups is 2. The number of carbonyl (C=O) groups excluding carboxylic acids is 2. The number of hydrogen-bond acceptors (Lipinski definition) is 4. The highest BCUT2D eigenvalue weighted by Crippen LogP contribution is 2.09. The smallest absolute Gasteiger partial charge is 0.237 e. The van der Waals surface area contributed by atoms with Crippen LogP contribution in [0.2, 0.25) is 0 Å². The predicted octanol–water partition coefficient (Wildman–Crippen LogP) is 1.19. The van der Waals surface area contributed by atoms with E-state index in [1.165, 1.54) is 0 Å². The van der Waals surface area contributed by atoms with Gasteiger partial charge < -0.3 is 11.1 Å². The van der Waals surface area contributed by atoms with Crippen molar-refractivity contribution < 1.29 is 9.59 Å². The molecule has 0 aromatic carbocycles. The first-order valence-electron chi connectivity index (χ1n) is 6.02. The average Bonchev–Trinajstić information content (AvgIpc) is 2.25. The Kier molecular flexibility index (Phi) is 8.25. The maximum absolute atomic E-state index is 11.5. The van der Waals surface area contributed by atoms with Crippen LogP contribution in [-0.4, -0.2) is 35.3 Å². The van der Waals surface area contributed by atoms with Crippen LogP contribution in [0.25, 0.3) is 0 Å². The average molecular weight is 260 g/mol. The Balaban J connectivity index is 3.75. The number of amides is 1. The normalized spacial score (nSPS) is 12.9. The summed E-state index contributed by atoms with van der Waals surface area (Å²) in [4.78, 5) is 22.9. The molecule has 0 aliphatic rings. The Bertz CT molecular complexity index is 255. The molecule has 0 aliphatic heterocycles. The first-order chi connectivity index (χ1) is 7.84. The van der Waals surface area contributed by atoms with Crippen molar-refractivity contribution in [3.8, 4) is 0 Å². The van der Waals surface area contributed by atoms with Gasteiger partial charge in [0.05, 0.1) is 6.04 Å². The Labute approximate surface area is 108 Å². The van der Waals surface area contributed by atoms with E-state index in [-0.39, 0.29) is 17.6 Å². The molecule has 3 N–H and O–H groups in total. The van der Waals surface area contributed by atoms with Gasteiger partial charge in [0.25, 0.3) is 0 Å². The van der Waals surface area contributed by atoms with Crippen molar-refractivity contribution in [1.29, 1.82) is 0 Å². The van der Waals surface area contributed by atoms with Crippen LogP contribution in [-0.2, 0) is 9.59 Å². The van der Waals surface area contributed by atoms with E-state index in [4.69, 9.17) is 5.73 Å². The second-order valence-corrected chi connectivity index (χ2v) is 6.26. The number of Topliss-reactive ketones (excluding diaryl/α,β-unsaturated/α-hetero) is 1. The Morgan fingerprint density at radius 3 is 2.29 bits per heavy atom. The third kappa shape index (κ3) is 8.21. The second-order valence-electron chi connectivity index (χ2n) is 4.65. The first-order valence-corrected chi connectivity index (χ1v) is 7.07. The topological polar surface area (TPSA) is 72.2 Å². The van der Waals surface area contributed by atoms with Gasteiger partial charge in [-0.05, 0) is 5.25 Å². The maximum Gasteiger partial charge on any atom is 0.237 e. The maximum atomic E-state index is 11.5. The van der Waals surface area contributed by atoms with Gasteiger partial charge in [-0.25, -0.2) is 0 Å². The molecule has 0 fully saturated rings. The van der Waals surface area contributed by atoms with E-state index in [2.05, 4.69) is 19.2 Å². The van der Waals surface area contributed by atoms with Crippen LogP contribution in [0.1, 0.15) is 34.1 Å². The number of rotatable bonds is 8. The summed E-state index contributed by atoms with van der Waals surface area (Å²) < 4.78 is 0. The lowest BCUT2D eigenvalue weighted by molar-refractivity contribution is -0.123. The Hall–Kier alpha value is -0.550. The minimum Gasteiger partial charge on any atom is -0.354 e. The summed E-state index contributed by atoms with van der Waals surface area (Å²) in [5.74, 6) is 0.629. The molecule has 0 rings (SSSR count). The molecule has 0 heterocycles. The lowest BCUT2D eigenvalue weighted by atomic mass is 10.1. The molecule has 0 unspecified atom stereocenters. The third-order valence-corrected chi connectivity index (χ3v) is 3.48. The van der Waals surface area contributed by atoms with Crippen LogP contribution < -0.4 is 11.1 Å². The first kappa shape index (κ1) is 16.4. The van der Waals surface area contributed by atoms with Gasteiger partial charge in [0.2, 0.25) is 5.91 Å². The van der Waals surface area contributed by atoms with E-state index in [0.717, 1.165) is 0 Å². The molecule has 0 bridgehead atoms. The Morgan fingerprint density at radius 1 is 1.24 bits per heavy atom. The van der Waals surface area contributed by atoms with Crippen LogP contribution in [0.4, 0.5) is 0 Å². The Morgan fingerprint density at radius 2 is 1.82 bits per heavy atom. The van der Waals surface area contributed by atoms with E-state index >= 15 is 0 Å². The van der Waals surface area contributed by atoms with Gasteiger partial charge in [0.1, 0.15) is 5.78 Å². The minimum absolute atomic E-state index is 0.0251. The van der Waals surface area contributed by atoms with Crippen molar-refractivity contribution in [1.82, 2.24) is 5.32 Å². The van der Waals surface area contributed by atoms with Crippen molar-refractivity contribution in [3.05, 3.63) is 0 Å². The molecule has 0 aromatic heterocycles. The van der Waals surface area contributed by atoms with Crippen LogP contribution in [0.15, 0.2) is 0 Å². The van der Waals surface area contributed by atoms with Crippen molar-refractivity contribution in [2.24, 2.45) is 11.7 Å². The highest BCUT2D eigenvalue weighted by atomic mass is 32.2. The molecule has 0 aliphatic carbocycles.